The second-order valence-corrected chi connectivity index (χ2v) is 11.5. The van der Waals surface area contributed by atoms with E-state index in [-0.39, 0.29) is 16.8 Å². The van der Waals surface area contributed by atoms with Gasteiger partial charge in [-0.3, -0.25) is 9.69 Å². The van der Waals surface area contributed by atoms with Gasteiger partial charge in [0.1, 0.15) is 10.9 Å². The Bertz CT molecular complexity index is 1380. The van der Waals surface area contributed by atoms with Gasteiger partial charge in [-0.05, 0) is 69.9 Å². The second kappa shape index (κ2) is 12.9. The molecule has 6 nitrogen and oxygen atoms in total. The fourth-order valence-electron chi connectivity index (χ4n) is 3.80. The maximum absolute atomic E-state index is 13.5. The summed E-state index contributed by atoms with van der Waals surface area (Å²) in [4.78, 5) is 28.1. The Morgan fingerprint density at radius 1 is 1.11 bits per heavy atom. The van der Waals surface area contributed by atoms with E-state index in [1.807, 2.05) is 36.4 Å². The number of esters is 1. The Kier molecular flexibility index (Phi) is 9.64. The highest BCUT2D eigenvalue weighted by molar-refractivity contribution is 9.10. The van der Waals surface area contributed by atoms with Gasteiger partial charge in [0.25, 0.3) is 5.91 Å². The molecule has 1 atom stereocenters. The first-order chi connectivity index (χ1) is 18.3. The molecule has 0 saturated carbocycles. The molecule has 1 amide bonds. The minimum atomic E-state index is -0.967. The number of nitrogens with zero attached hydrogens (tertiary/aromatic N) is 1. The van der Waals surface area contributed by atoms with Crippen LogP contribution in [-0.4, -0.2) is 34.8 Å². The molecule has 0 bridgehead atoms. The maximum atomic E-state index is 13.5. The lowest BCUT2D eigenvalue weighted by atomic mass is 10.1. The predicted molar refractivity (Wildman–Crippen MR) is 160 cm³/mol. The summed E-state index contributed by atoms with van der Waals surface area (Å²) in [5.74, 6) is 0.152. The number of methoxy groups -OCH3 is 1. The molecule has 0 N–H and O–H groups in total. The summed E-state index contributed by atoms with van der Waals surface area (Å²) in [5, 5.41) is 0. The number of amides is 1. The Morgan fingerprint density at radius 3 is 2.47 bits per heavy atom. The van der Waals surface area contributed by atoms with E-state index in [4.69, 9.17) is 26.4 Å². The van der Waals surface area contributed by atoms with Crippen LogP contribution in [0.3, 0.4) is 0 Å². The zero-order chi connectivity index (χ0) is 27.2. The van der Waals surface area contributed by atoms with Gasteiger partial charge in [0.05, 0.1) is 23.1 Å². The smallest absolute Gasteiger partial charge is 0.333 e. The fraction of sp³-hybridized carbons (Fsp3) is 0.179. The molecule has 3 aromatic rings. The number of ether oxygens (including phenoxy) is 3. The highest BCUT2D eigenvalue weighted by atomic mass is 79.9. The van der Waals surface area contributed by atoms with E-state index in [1.54, 1.807) is 50.4 Å². The van der Waals surface area contributed by atoms with Crippen LogP contribution in [0.25, 0.3) is 6.08 Å². The summed E-state index contributed by atoms with van der Waals surface area (Å²) in [6, 6.07) is 19.5. The predicted octanol–water partition coefficient (Wildman–Crippen LogP) is 7.30. The van der Waals surface area contributed by atoms with Gasteiger partial charge < -0.3 is 14.2 Å². The minimum absolute atomic E-state index is 0.191. The number of rotatable bonds is 9. The standard InChI is InChI=1S/C28H23Br2NO5S2/c1-3-35-27(33)24(19-7-5-4-6-8-19)31-26(32)23(38-28(31)37)15-18-13-21(30)25(22(14-18)34-2)36-16-17-9-11-20(29)12-10-17/h4-15,24H,3,16H2,1-2H3/b23-15+. The first-order valence-electron chi connectivity index (χ1n) is 11.6. The molecule has 1 heterocycles. The molecule has 0 aliphatic carbocycles. The molecule has 196 valence electrons. The SMILES string of the molecule is CCOC(=O)C(c1ccccc1)N1C(=O)/C(=C\c2cc(Br)c(OCc3ccc(Br)cc3)c(OC)c2)SC1=S. The summed E-state index contributed by atoms with van der Waals surface area (Å²) in [6.07, 6.45) is 1.72. The second-order valence-electron chi connectivity index (χ2n) is 8.07. The minimum Gasteiger partial charge on any atom is -0.493 e. The lowest BCUT2D eigenvalue weighted by molar-refractivity contribution is -0.151. The molecule has 1 saturated heterocycles. The Hall–Kier alpha value is -2.66. The monoisotopic (exact) mass is 675 g/mol. The third kappa shape index (κ3) is 6.48. The largest absolute Gasteiger partial charge is 0.493 e. The number of hydrogen-bond acceptors (Lipinski definition) is 7. The van der Waals surface area contributed by atoms with Gasteiger partial charge in [-0.15, -0.1) is 0 Å². The van der Waals surface area contributed by atoms with Gasteiger partial charge in [0.2, 0.25) is 0 Å². The van der Waals surface area contributed by atoms with Crippen LogP contribution in [-0.2, 0) is 20.9 Å². The van der Waals surface area contributed by atoms with Gasteiger partial charge in [0.15, 0.2) is 17.5 Å². The van der Waals surface area contributed by atoms with Gasteiger partial charge in [-0.2, -0.15) is 0 Å². The molecule has 0 spiro atoms. The molecule has 0 aromatic heterocycles. The Balaban J connectivity index is 1.60. The van der Waals surface area contributed by atoms with Gasteiger partial charge in [0, 0.05) is 4.47 Å². The Morgan fingerprint density at radius 2 is 1.82 bits per heavy atom. The number of benzene rings is 3. The van der Waals surface area contributed by atoms with Gasteiger partial charge in [-0.1, -0.05) is 82.4 Å². The van der Waals surface area contributed by atoms with Crippen molar-refractivity contribution >= 4 is 78.1 Å². The number of halogens is 2. The van der Waals surface area contributed by atoms with Crippen LogP contribution in [0.5, 0.6) is 11.5 Å². The Labute approximate surface area is 247 Å². The molecule has 1 fully saturated rings. The van der Waals surface area contributed by atoms with Crippen LogP contribution < -0.4 is 9.47 Å². The zero-order valence-electron chi connectivity index (χ0n) is 20.5. The van der Waals surface area contributed by atoms with Crippen molar-refractivity contribution in [2.45, 2.75) is 19.6 Å². The van der Waals surface area contributed by atoms with Crippen molar-refractivity contribution < 1.29 is 23.8 Å². The molecule has 1 unspecified atom stereocenters. The van der Waals surface area contributed by atoms with E-state index < -0.39 is 12.0 Å². The van der Waals surface area contributed by atoms with Crippen LogP contribution in [0.2, 0.25) is 0 Å². The molecule has 10 heteroatoms. The van der Waals surface area contributed by atoms with Gasteiger partial charge in [-0.25, -0.2) is 4.79 Å². The van der Waals surface area contributed by atoms with Crippen LogP contribution in [0.1, 0.15) is 29.7 Å². The normalized spacial score (nSPS) is 15.1. The average Bonchev–Trinajstić information content (AvgIpc) is 3.17. The third-order valence-electron chi connectivity index (χ3n) is 5.55. The van der Waals surface area contributed by atoms with Crippen LogP contribution in [0, 0.1) is 0 Å². The van der Waals surface area contributed by atoms with E-state index in [2.05, 4.69) is 31.9 Å². The summed E-state index contributed by atoms with van der Waals surface area (Å²) >= 11 is 13.7. The van der Waals surface area contributed by atoms with E-state index in [0.717, 1.165) is 21.8 Å². The highest BCUT2D eigenvalue weighted by Crippen LogP contribution is 2.41. The van der Waals surface area contributed by atoms with Crippen molar-refractivity contribution in [3.8, 4) is 11.5 Å². The first kappa shape index (κ1) is 28.4. The van der Waals surface area contributed by atoms with Crippen molar-refractivity contribution in [1.82, 2.24) is 4.90 Å². The van der Waals surface area contributed by atoms with Crippen molar-refractivity contribution in [1.29, 1.82) is 0 Å². The summed E-state index contributed by atoms with van der Waals surface area (Å²) in [6.45, 7) is 2.27. The van der Waals surface area contributed by atoms with Crippen molar-refractivity contribution in [2.75, 3.05) is 13.7 Å². The molecule has 1 aliphatic rings. The molecule has 1 aliphatic heterocycles. The molecule has 3 aromatic carbocycles. The van der Waals surface area contributed by atoms with E-state index in [0.29, 0.717) is 38.6 Å². The van der Waals surface area contributed by atoms with Crippen molar-refractivity contribution in [2.24, 2.45) is 0 Å². The van der Waals surface area contributed by atoms with Crippen molar-refractivity contribution in [3.05, 3.63) is 97.3 Å². The number of carbonyl (C=O) groups is 2. The number of carbonyl (C=O) groups excluding carboxylic acids is 2. The highest BCUT2D eigenvalue weighted by Gasteiger charge is 2.42. The molecular formula is C28H23Br2NO5S2. The summed E-state index contributed by atoms with van der Waals surface area (Å²) in [5.41, 5.74) is 2.34. The molecule has 38 heavy (non-hydrogen) atoms. The third-order valence-corrected chi connectivity index (χ3v) is 8.00. The number of hydrogen-bond donors (Lipinski definition) is 0. The fourth-order valence-corrected chi connectivity index (χ4v) is 5.95. The maximum Gasteiger partial charge on any atom is 0.333 e. The number of thioether (sulfide) groups is 1. The first-order valence-corrected chi connectivity index (χ1v) is 14.4. The lowest BCUT2D eigenvalue weighted by Crippen LogP contribution is -2.38. The average molecular weight is 677 g/mol. The van der Waals surface area contributed by atoms with Crippen molar-refractivity contribution in [3.63, 3.8) is 0 Å². The number of thiocarbonyl (C=S) groups is 1. The molecular weight excluding hydrogens is 654 g/mol. The van der Waals surface area contributed by atoms with Crippen LogP contribution >= 0.6 is 55.8 Å². The van der Waals surface area contributed by atoms with Crippen LogP contribution in [0.15, 0.2) is 80.6 Å². The summed E-state index contributed by atoms with van der Waals surface area (Å²) < 4.78 is 18.8. The van der Waals surface area contributed by atoms with E-state index in [1.165, 1.54) is 4.90 Å². The lowest BCUT2D eigenvalue weighted by Gasteiger charge is -2.25. The van der Waals surface area contributed by atoms with E-state index >= 15 is 0 Å². The quantitative estimate of drug-likeness (QED) is 0.134. The molecule has 0 radical (unpaired) electrons. The summed E-state index contributed by atoms with van der Waals surface area (Å²) in [7, 11) is 1.56. The van der Waals surface area contributed by atoms with Gasteiger partial charge >= 0.3 is 5.97 Å². The molecule has 4 rings (SSSR count). The zero-order valence-corrected chi connectivity index (χ0v) is 25.3. The van der Waals surface area contributed by atoms with Crippen LogP contribution in [0.4, 0.5) is 0 Å². The topological polar surface area (TPSA) is 65.1 Å². The van der Waals surface area contributed by atoms with E-state index in [9.17, 15) is 9.59 Å².